The van der Waals surface area contributed by atoms with Crippen LogP contribution in [-0.2, 0) is 0 Å². The number of oxazole rings is 1. The predicted octanol–water partition coefficient (Wildman–Crippen LogP) is 3.15. The van der Waals surface area contributed by atoms with Crippen molar-refractivity contribution in [2.45, 2.75) is 76.2 Å². The molecular formula is C24H33N5O4. The molecule has 0 saturated carbocycles. The van der Waals surface area contributed by atoms with Gasteiger partial charge in [-0.15, -0.1) is 0 Å². The minimum atomic E-state index is -0.914. The summed E-state index contributed by atoms with van der Waals surface area (Å²) in [6, 6.07) is 6.97. The van der Waals surface area contributed by atoms with Crippen LogP contribution in [-0.4, -0.2) is 82.2 Å². The molecule has 0 spiro atoms. The molecule has 3 aliphatic rings. The van der Waals surface area contributed by atoms with Crippen molar-refractivity contribution in [1.29, 1.82) is 0 Å². The highest BCUT2D eigenvalue weighted by atomic mass is 16.4. The van der Waals surface area contributed by atoms with Gasteiger partial charge in [0.05, 0.1) is 5.56 Å². The highest BCUT2D eigenvalue weighted by Gasteiger charge is 2.37. The molecule has 1 aromatic heterocycles. The first-order valence-electron chi connectivity index (χ1n) is 12.0. The Morgan fingerprint density at radius 3 is 2.42 bits per heavy atom. The van der Waals surface area contributed by atoms with Crippen LogP contribution in [0.25, 0.3) is 11.1 Å². The van der Waals surface area contributed by atoms with E-state index in [9.17, 15) is 14.7 Å². The van der Waals surface area contributed by atoms with Crippen LogP contribution >= 0.6 is 0 Å². The Hall–Kier alpha value is -2.81. The summed E-state index contributed by atoms with van der Waals surface area (Å²) in [4.78, 5) is 35.3. The van der Waals surface area contributed by atoms with Crippen molar-refractivity contribution in [3.05, 3.63) is 23.8 Å². The molecule has 1 aromatic carbocycles. The first-order chi connectivity index (χ1) is 15.8. The lowest BCUT2D eigenvalue weighted by Gasteiger charge is -2.47. The number of nitrogens with zero attached hydrogens (tertiary/aromatic N) is 4. The number of hydrogen-bond donors (Lipinski definition) is 2. The average molecular weight is 456 g/mol. The fourth-order valence-electron chi connectivity index (χ4n) is 6.08. The second-order valence-electron chi connectivity index (χ2n) is 9.99. The molecule has 3 saturated heterocycles. The Morgan fingerprint density at radius 1 is 1.12 bits per heavy atom. The number of para-hydroxylation sites is 1. The fraction of sp³-hybridized carbons (Fsp3) is 0.625. The van der Waals surface area contributed by atoms with Gasteiger partial charge in [-0.3, -0.25) is 4.79 Å². The van der Waals surface area contributed by atoms with E-state index in [-0.39, 0.29) is 24.0 Å². The van der Waals surface area contributed by atoms with Gasteiger partial charge >= 0.3 is 6.09 Å². The number of carbonyl (C=O) groups excluding carboxylic acids is 1. The van der Waals surface area contributed by atoms with E-state index in [4.69, 9.17) is 9.40 Å². The Bertz CT molecular complexity index is 1030. The van der Waals surface area contributed by atoms with Crippen LogP contribution in [0.4, 0.5) is 10.8 Å². The maximum atomic E-state index is 13.3. The zero-order valence-electron chi connectivity index (χ0n) is 19.5. The molecule has 2 bridgehead atoms. The van der Waals surface area contributed by atoms with Crippen LogP contribution in [0.5, 0.6) is 0 Å². The SMILES string of the molecule is CC1CN(C(=O)O)CC(C)N1c1nc2c(C(=O)NC3CC4CCCC(C3)N4C)cccc2o1. The van der Waals surface area contributed by atoms with E-state index in [1.165, 1.54) is 24.2 Å². The van der Waals surface area contributed by atoms with Gasteiger partial charge in [0.2, 0.25) is 0 Å². The molecule has 0 aliphatic carbocycles. The Morgan fingerprint density at radius 2 is 1.79 bits per heavy atom. The highest BCUT2D eigenvalue weighted by molar-refractivity contribution is 6.04. The molecule has 2 amide bonds. The van der Waals surface area contributed by atoms with E-state index >= 15 is 0 Å². The van der Waals surface area contributed by atoms with Gasteiger partial charge in [-0.05, 0) is 58.7 Å². The van der Waals surface area contributed by atoms with Crippen LogP contribution in [0.3, 0.4) is 0 Å². The van der Waals surface area contributed by atoms with E-state index in [1.54, 1.807) is 6.07 Å². The van der Waals surface area contributed by atoms with Gasteiger partial charge in [0.15, 0.2) is 5.58 Å². The molecule has 4 heterocycles. The Labute approximate surface area is 193 Å². The van der Waals surface area contributed by atoms with Crippen molar-refractivity contribution in [3.63, 3.8) is 0 Å². The first-order valence-corrected chi connectivity index (χ1v) is 12.0. The van der Waals surface area contributed by atoms with Crippen LogP contribution in [0.1, 0.15) is 56.3 Å². The fourth-order valence-corrected chi connectivity index (χ4v) is 6.08. The summed E-state index contributed by atoms with van der Waals surface area (Å²) in [6.45, 7) is 4.69. The zero-order chi connectivity index (χ0) is 23.3. The predicted molar refractivity (Wildman–Crippen MR) is 125 cm³/mol. The lowest BCUT2D eigenvalue weighted by atomic mass is 9.82. The molecule has 9 nitrogen and oxygen atoms in total. The minimum Gasteiger partial charge on any atom is -0.465 e. The summed E-state index contributed by atoms with van der Waals surface area (Å²) in [5.74, 6) is -0.107. The third-order valence-electron chi connectivity index (χ3n) is 7.74. The number of aromatic nitrogens is 1. The molecule has 3 aliphatic heterocycles. The van der Waals surface area contributed by atoms with E-state index in [2.05, 4.69) is 17.3 Å². The summed E-state index contributed by atoms with van der Waals surface area (Å²) in [6.07, 6.45) is 4.74. The summed E-state index contributed by atoms with van der Waals surface area (Å²) in [5, 5.41) is 12.6. The smallest absolute Gasteiger partial charge is 0.407 e. The quantitative estimate of drug-likeness (QED) is 0.733. The van der Waals surface area contributed by atoms with Crippen molar-refractivity contribution in [2.75, 3.05) is 25.0 Å². The summed E-state index contributed by atoms with van der Waals surface area (Å²) in [7, 11) is 2.21. The normalized spacial score (nSPS) is 30.5. The van der Waals surface area contributed by atoms with Gasteiger partial charge in [0.1, 0.15) is 5.52 Å². The minimum absolute atomic E-state index is 0.0890. The highest BCUT2D eigenvalue weighted by Crippen LogP contribution is 2.33. The summed E-state index contributed by atoms with van der Waals surface area (Å²) in [5.41, 5.74) is 1.65. The number of piperidine rings is 2. The van der Waals surface area contributed by atoms with E-state index in [0.717, 1.165) is 12.8 Å². The zero-order valence-corrected chi connectivity index (χ0v) is 19.5. The second-order valence-corrected chi connectivity index (χ2v) is 9.99. The van der Waals surface area contributed by atoms with Crippen LogP contribution in [0, 0.1) is 0 Å². The molecule has 5 rings (SSSR count). The standard InChI is InChI=1S/C24H33N5O4/c1-14-12-28(24(31)32)13-15(2)29(14)23-26-21-19(8-5-9-20(21)33-23)22(30)25-16-10-17-6-4-7-18(11-16)27(17)3/h5,8-9,14-18H,4,6-7,10-13H2,1-3H3,(H,25,30)(H,31,32). The Balaban J connectivity index is 1.36. The number of nitrogens with one attached hydrogen (secondary N) is 1. The average Bonchev–Trinajstić information content (AvgIpc) is 3.17. The maximum absolute atomic E-state index is 13.3. The third kappa shape index (κ3) is 4.03. The largest absolute Gasteiger partial charge is 0.465 e. The van der Waals surface area contributed by atoms with Gasteiger partial charge < -0.3 is 29.5 Å². The van der Waals surface area contributed by atoms with E-state index < -0.39 is 6.09 Å². The molecule has 178 valence electrons. The van der Waals surface area contributed by atoms with Crippen molar-refractivity contribution in [3.8, 4) is 0 Å². The van der Waals surface area contributed by atoms with E-state index in [1.807, 2.05) is 30.9 Å². The monoisotopic (exact) mass is 455 g/mol. The summed E-state index contributed by atoms with van der Waals surface area (Å²) >= 11 is 0. The molecule has 33 heavy (non-hydrogen) atoms. The van der Waals surface area contributed by atoms with Crippen molar-refractivity contribution >= 4 is 29.1 Å². The molecule has 2 aromatic rings. The number of rotatable bonds is 3. The molecule has 2 N–H and O–H groups in total. The van der Waals surface area contributed by atoms with E-state index in [0.29, 0.717) is 47.9 Å². The number of carbonyl (C=O) groups is 2. The van der Waals surface area contributed by atoms with Gasteiger partial charge in [-0.1, -0.05) is 12.5 Å². The first kappa shape index (κ1) is 22.0. The lowest BCUT2D eigenvalue weighted by Crippen LogP contribution is -2.58. The van der Waals surface area contributed by atoms with Gasteiger partial charge in [-0.25, -0.2) is 4.79 Å². The Kier molecular flexibility index (Phi) is 5.68. The van der Waals surface area contributed by atoms with Crippen LogP contribution < -0.4 is 10.2 Å². The number of benzene rings is 1. The molecule has 4 atom stereocenters. The topological polar surface area (TPSA) is 102 Å². The number of anilines is 1. The molecule has 3 fully saturated rings. The second kappa shape index (κ2) is 8.52. The number of amides is 2. The third-order valence-corrected chi connectivity index (χ3v) is 7.74. The molecule has 0 radical (unpaired) electrons. The molecule has 9 heteroatoms. The molecular weight excluding hydrogens is 422 g/mol. The van der Waals surface area contributed by atoms with Gasteiger partial charge in [-0.2, -0.15) is 4.98 Å². The summed E-state index contributed by atoms with van der Waals surface area (Å²) < 4.78 is 6.06. The number of hydrogen-bond acceptors (Lipinski definition) is 6. The number of fused-ring (bicyclic) bond motifs is 3. The van der Waals surface area contributed by atoms with Crippen LogP contribution in [0.2, 0.25) is 0 Å². The number of piperazine rings is 1. The van der Waals surface area contributed by atoms with Crippen molar-refractivity contribution in [2.24, 2.45) is 0 Å². The van der Waals surface area contributed by atoms with Crippen molar-refractivity contribution < 1.29 is 19.1 Å². The van der Waals surface area contributed by atoms with Crippen LogP contribution in [0.15, 0.2) is 22.6 Å². The van der Waals surface area contributed by atoms with Gasteiger partial charge in [0.25, 0.3) is 11.9 Å². The van der Waals surface area contributed by atoms with Gasteiger partial charge in [0, 0.05) is 43.3 Å². The number of carboxylic acid groups (broad SMARTS) is 1. The van der Waals surface area contributed by atoms with Crippen molar-refractivity contribution in [1.82, 2.24) is 20.1 Å². The lowest BCUT2D eigenvalue weighted by molar-refractivity contribution is 0.0463. The molecule has 4 unspecified atom stereocenters. The maximum Gasteiger partial charge on any atom is 0.407 e.